The molecule has 0 bridgehead atoms. The highest BCUT2D eigenvalue weighted by Gasteiger charge is 2.55. The molecule has 0 spiro atoms. The van der Waals surface area contributed by atoms with Gasteiger partial charge in [0, 0.05) is 43.9 Å². The maximum absolute atomic E-state index is 13.0. The molecule has 0 unspecified atom stereocenters. The van der Waals surface area contributed by atoms with Crippen LogP contribution in [0.2, 0.25) is 0 Å². The molecule has 3 N–H and O–H groups in total. The number of ether oxygens (including phenoxy) is 1. The summed E-state index contributed by atoms with van der Waals surface area (Å²) in [5, 5.41) is 9.82. The molecule has 0 aromatic carbocycles. The van der Waals surface area contributed by atoms with Crippen molar-refractivity contribution in [2.24, 2.45) is 11.3 Å². The van der Waals surface area contributed by atoms with E-state index < -0.39 is 5.41 Å². The number of rotatable bonds is 7. The second-order valence-electron chi connectivity index (χ2n) is 7.21. The standard InChI is InChI=1S/C17H25N7O2S/c1-2-24-14(20-11-21-24)6-23-5-12-7-26-10-17(12,9-23)15(25)19-4-3-13-8-27-16(18)22-13/h8,11-12H,2-7,9-10H2,1H3,(H2,18,22)(H,19,25)/t12-,17-/m1/s1. The zero-order chi connectivity index (χ0) is 18.9. The summed E-state index contributed by atoms with van der Waals surface area (Å²) in [6.45, 7) is 6.74. The SMILES string of the molecule is CCn1ncnc1CN1C[C@@H]2COC[C@]2(C(=O)NCCc2csc(N)n2)C1. The van der Waals surface area contributed by atoms with Crippen LogP contribution in [0, 0.1) is 11.3 Å². The number of nitrogen functional groups attached to an aromatic ring is 1. The number of carbonyl (C=O) groups is 1. The van der Waals surface area contributed by atoms with Gasteiger partial charge in [-0.2, -0.15) is 5.10 Å². The Morgan fingerprint density at radius 3 is 3.22 bits per heavy atom. The van der Waals surface area contributed by atoms with E-state index in [-0.39, 0.29) is 11.8 Å². The highest BCUT2D eigenvalue weighted by molar-refractivity contribution is 7.13. The maximum atomic E-state index is 13.0. The smallest absolute Gasteiger partial charge is 0.230 e. The van der Waals surface area contributed by atoms with Gasteiger partial charge in [0.25, 0.3) is 0 Å². The third-order valence-electron chi connectivity index (χ3n) is 5.49. The molecular formula is C17H25N7O2S. The zero-order valence-corrected chi connectivity index (χ0v) is 16.2. The van der Waals surface area contributed by atoms with E-state index in [1.54, 1.807) is 6.33 Å². The Kier molecular flexibility index (Phi) is 5.11. The van der Waals surface area contributed by atoms with Crippen molar-refractivity contribution in [3.63, 3.8) is 0 Å². The van der Waals surface area contributed by atoms with Crippen LogP contribution >= 0.6 is 11.3 Å². The van der Waals surface area contributed by atoms with Gasteiger partial charge in [0.2, 0.25) is 5.91 Å². The Bertz CT molecular complexity index is 807. The lowest BCUT2D eigenvalue weighted by molar-refractivity contribution is -0.131. The van der Waals surface area contributed by atoms with Gasteiger partial charge < -0.3 is 15.8 Å². The zero-order valence-electron chi connectivity index (χ0n) is 15.4. The van der Waals surface area contributed by atoms with Crippen LogP contribution < -0.4 is 11.1 Å². The Morgan fingerprint density at radius 2 is 2.44 bits per heavy atom. The van der Waals surface area contributed by atoms with Gasteiger partial charge in [0.05, 0.1) is 30.9 Å². The molecule has 10 heteroatoms. The average molecular weight is 392 g/mol. The summed E-state index contributed by atoms with van der Waals surface area (Å²) in [5.74, 6) is 1.23. The van der Waals surface area contributed by atoms with Crippen LogP contribution in [-0.4, -0.2) is 63.4 Å². The van der Waals surface area contributed by atoms with Crippen molar-refractivity contribution < 1.29 is 9.53 Å². The fraction of sp³-hybridized carbons (Fsp3) is 0.647. The summed E-state index contributed by atoms with van der Waals surface area (Å²) in [4.78, 5) is 23.9. The molecule has 2 aliphatic rings. The molecule has 0 radical (unpaired) electrons. The Morgan fingerprint density at radius 1 is 1.56 bits per heavy atom. The molecule has 1 amide bonds. The second-order valence-corrected chi connectivity index (χ2v) is 8.10. The number of fused-ring (bicyclic) bond motifs is 1. The van der Waals surface area contributed by atoms with E-state index in [2.05, 4.69) is 32.2 Å². The van der Waals surface area contributed by atoms with Crippen LogP contribution in [0.25, 0.3) is 0 Å². The summed E-state index contributed by atoms with van der Waals surface area (Å²) in [6, 6.07) is 0. The van der Waals surface area contributed by atoms with Gasteiger partial charge in [0.15, 0.2) is 5.13 Å². The highest BCUT2D eigenvalue weighted by atomic mass is 32.1. The first-order valence-corrected chi connectivity index (χ1v) is 10.1. The molecule has 0 aliphatic carbocycles. The highest BCUT2D eigenvalue weighted by Crippen LogP contribution is 2.41. The van der Waals surface area contributed by atoms with Gasteiger partial charge in [-0.1, -0.05) is 0 Å². The van der Waals surface area contributed by atoms with Crippen molar-refractivity contribution in [2.45, 2.75) is 26.4 Å². The number of hydrogen-bond acceptors (Lipinski definition) is 8. The van der Waals surface area contributed by atoms with Crippen molar-refractivity contribution in [3.8, 4) is 0 Å². The Hall–Kier alpha value is -2.04. The molecule has 2 aromatic rings. The lowest BCUT2D eigenvalue weighted by Crippen LogP contribution is -2.47. The Labute approximate surface area is 161 Å². The third-order valence-corrected chi connectivity index (χ3v) is 6.22. The molecule has 2 aromatic heterocycles. The fourth-order valence-corrected chi connectivity index (χ4v) is 4.67. The molecule has 4 rings (SSSR count). The van der Waals surface area contributed by atoms with Gasteiger partial charge >= 0.3 is 0 Å². The molecule has 2 fully saturated rings. The van der Waals surface area contributed by atoms with Crippen LogP contribution in [-0.2, 0) is 29.0 Å². The molecule has 4 heterocycles. The molecular weight excluding hydrogens is 366 g/mol. The number of anilines is 1. The van der Waals surface area contributed by atoms with E-state index in [9.17, 15) is 4.79 Å². The fourth-order valence-electron chi connectivity index (χ4n) is 4.07. The minimum absolute atomic E-state index is 0.0765. The van der Waals surface area contributed by atoms with E-state index in [4.69, 9.17) is 10.5 Å². The van der Waals surface area contributed by atoms with Crippen molar-refractivity contribution in [3.05, 3.63) is 23.2 Å². The number of thiazole rings is 1. The Balaban J connectivity index is 1.37. The van der Waals surface area contributed by atoms with Crippen LogP contribution in [0.5, 0.6) is 0 Å². The van der Waals surface area contributed by atoms with Gasteiger partial charge in [0.1, 0.15) is 12.2 Å². The van der Waals surface area contributed by atoms with Crippen molar-refractivity contribution in [1.29, 1.82) is 0 Å². The number of nitrogens with zero attached hydrogens (tertiary/aromatic N) is 5. The molecule has 9 nitrogen and oxygen atoms in total. The van der Waals surface area contributed by atoms with Crippen LogP contribution in [0.1, 0.15) is 18.4 Å². The third kappa shape index (κ3) is 3.56. The summed E-state index contributed by atoms with van der Waals surface area (Å²) in [6.07, 6.45) is 2.27. The number of aryl methyl sites for hydroxylation is 1. The van der Waals surface area contributed by atoms with E-state index in [1.807, 2.05) is 10.1 Å². The number of nitrogens with one attached hydrogen (secondary N) is 1. The van der Waals surface area contributed by atoms with E-state index in [0.29, 0.717) is 44.4 Å². The topological polar surface area (TPSA) is 111 Å². The first-order chi connectivity index (χ1) is 13.1. The van der Waals surface area contributed by atoms with E-state index in [1.165, 1.54) is 11.3 Å². The number of nitrogens with two attached hydrogens (primary N) is 1. The first kappa shape index (κ1) is 18.3. The van der Waals surface area contributed by atoms with Crippen molar-refractivity contribution in [2.75, 3.05) is 38.6 Å². The average Bonchev–Trinajstić information content (AvgIpc) is 3.39. The monoisotopic (exact) mass is 391 g/mol. The maximum Gasteiger partial charge on any atom is 0.230 e. The molecule has 27 heavy (non-hydrogen) atoms. The quantitative estimate of drug-likeness (QED) is 0.691. The number of aromatic nitrogens is 4. The first-order valence-electron chi connectivity index (χ1n) is 9.25. The lowest BCUT2D eigenvalue weighted by atomic mass is 9.80. The lowest BCUT2D eigenvalue weighted by Gasteiger charge is -2.26. The van der Waals surface area contributed by atoms with Crippen molar-refractivity contribution >= 4 is 22.4 Å². The van der Waals surface area contributed by atoms with Crippen molar-refractivity contribution in [1.82, 2.24) is 30.0 Å². The number of amides is 1. The molecule has 146 valence electrons. The normalized spacial score (nSPS) is 25.0. The minimum Gasteiger partial charge on any atom is -0.380 e. The van der Waals surface area contributed by atoms with Crippen LogP contribution in [0.3, 0.4) is 0 Å². The van der Waals surface area contributed by atoms with Crippen LogP contribution in [0.15, 0.2) is 11.7 Å². The predicted molar refractivity (Wildman–Crippen MR) is 101 cm³/mol. The molecule has 2 atom stereocenters. The van der Waals surface area contributed by atoms with Crippen LogP contribution in [0.4, 0.5) is 5.13 Å². The molecule has 2 saturated heterocycles. The largest absolute Gasteiger partial charge is 0.380 e. The molecule has 0 saturated carbocycles. The number of carbonyl (C=O) groups excluding carboxylic acids is 1. The van der Waals surface area contributed by atoms with Gasteiger partial charge in [-0.3, -0.25) is 9.69 Å². The summed E-state index contributed by atoms with van der Waals surface area (Å²) < 4.78 is 7.58. The molecule has 2 aliphatic heterocycles. The second kappa shape index (κ2) is 7.53. The van der Waals surface area contributed by atoms with Gasteiger partial charge in [-0.25, -0.2) is 14.6 Å². The van der Waals surface area contributed by atoms with Gasteiger partial charge in [-0.15, -0.1) is 11.3 Å². The summed E-state index contributed by atoms with van der Waals surface area (Å²) in [7, 11) is 0. The van der Waals surface area contributed by atoms with Gasteiger partial charge in [-0.05, 0) is 6.92 Å². The summed E-state index contributed by atoms with van der Waals surface area (Å²) >= 11 is 1.42. The van der Waals surface area contributed by atoms with E-state index >= 15 is 0 Å². The summed E-state index contributed by atoms with van der Waals surface area (Å²) in [5.41, 5.74) is 6.10. The minimum atomic E-state index is -0.474. The predicted octanol–water partition coefficient (Wildman–Crippen LogP) is 0.144. The number of likely N-dealkylation sites (tertiary alicyclic amines) is 1. The number of hydrogen-bond donors (Lipinski definition) is 2. The van der Waals surface area contributed by atoms with E-state index in [0.717, 1.165) is 24.6 Å².